The second-order valence-electron chi connectivity index (χ2n) is 15.1. The van der Waals surface area contributed by atoms with Gasteiger partial charge in [-0.2, -0.15) is 0 Å². The van der Waals surface area contributed by atoms with Gasteiger partial charge in [-0.1, -0.05) is 78.9 Å². The van der Waals surface area contributed by atoms with Crippen LogP contribution in [-0.2, 0) is 43.3 Å². The number of likely N-dealkylation sites (N-methyl/N-ethyl adjacent to an activating group) is 2. The maximum absolute atomic E-state index is 13.9. The number of carbonyl (C=O) groups excluding carboxylic acids is 4. The van der Waals surface area contributed by atoms with Crippen molar-refractivity contribution in [1.82, 2.24) is 19.6 Å². The van der Waals surface area contributed by atoms with Gasteiger partial charge in [-0.05, 0) is 72.9 Å². The predicted octanol–water partition coefficient (Wildman–Crippen LogP) is 4.61. The van der Waals surface area contributed by atoms with Gasteiger partial charge in [0.05, 0.1) is 0 Å². The summed E-state index contributed by atoms with van der Waals surface area (Å²) in [7, 11) is 2.62. The number of benzene rings is 3. The fourth-order valence-corrected chi connectivity index (χ4v) is 8.51. The van der Waals surface area contributed by atoms with Gasteiger partial charge in [0, 0.05) is 46.0 Å². The van der Waals surface area contributed by atoms with Crippen molar-refractivity contribution in [2.24, 2.45) is 11.5 Å². The monoisotopic (exact) mass is 807 g/mol. The van der Waals surface area contributed by atoms with Crippen LogP contribution in [0.1, 0.15) is 60.8 Å². The molecule has 2 saturated heterocycles. The largest absolute Gasteiger partial charge is 0.465 e. The van der Waals surface area contributed by atoms with Gasteiger partial charge in [-0.15, -0.1) is 13.2 Å². The van der Waals surface area contributed by atoms with Crippen LogP contribution in [0.4, 0.5) is 15.3 Å². The van der Waals surface area contributed by atoms with Crippen molar-refractivity contribution >= 4 is 41.5 Å². The number of nitrogens with zero attached hydrogens (tertiary/aromatic N) is 5. The highest BCUT2D eigenvalue weighted by atomic mass is 16.4. The maximum Gasteiger partial charge on any atom is 0.407 e. The summed E-state index contributed by atoms with van der Waals surface area (Å²) in [5, 5.41) is 19.3. The zero-order valence-corrected chi connectivity index (χ0v) is 33.5. The summed E-state index contributed by atoms with van der Waals surface area (Å²) >= 11 is 0. The molecule has 4 atom stereocenters. The second-order valence-corrected chi connectivity index (χ2v) is 15.1. The average molecular weight is 808 g/mol. The van der Waals surface area contributed by atoms with E-state index in [4.69, 9.17) is 11.5 Å². The first kappa shape index (κ1) is 43.5. The maximum atomic E-state index is 13.9. The number of carbonyl (C=O) groups is 6. The summed E-state index contributed by atoms with van der Waals surface area (Å²) in [6.45, 7) is 8.72. The Labute approximate surface area is 344 Å². The minimum atomic E-state index is -1.46. The van der Waals surface area contributed by atoms with E-state index < -0.39 is 59.0 Å². The number of nitrogens with two attached hydrogens (primary N) is 2. The third-order valence-corrected chi connectivity index (χ3v) is 11.7. The summed E-state index contributed by atoms with van der Waals surface area (Å²) < 4.78 is 0. The molecule has 15 heteroatoms. The number of amides is 6. The summed E-state index contributed by atoms with van der Waals surface area (Å²) in [4.78, 5) is 84.9. The molecule has 59 heavy (non-hydrogen) atoms. The molecule has 0 aromatic heterocycles. The van der Waals surface area contributed by atoms with E-state index in [1.54, 1.807) is 24.3 Å². The number of hydrogen-bond acceptors (Lipinski definition) is 7. The molecule has 6 amide bonds. The van der Waals surface area contributed by atoms with Crippen molar-refractivity contribution in [3.8, 4) is 0 Å². The van der Waals surface area contributed by atoms with E-state index in [1.165, 1.54) is 36.0 Å². The normalized spacial score (nSPS) is 19.6. The molecule has 0 saturated carbocycles. The van der Waals surface area contributed by atoms with Crippen molar-refractivity contribution < 1.29 is 39.0 Å². The van der Waals surface area contributed by atoms with Crippen LogP contribution < -0.4 is 16.4 Å². The van der Waals surface area contributed by atoms with E-state index >= 15 is 0 Å². The average Bonchev–Trinajstić information content (AvgIpc) is 3.89. The van der Waals surface area contributed by atoms with Gasteiger partial charge in [-0.3, -0.25) is 29.0 Å². The Morgan fingerprint density at radius 1 is 0.661 bits per heavy atom. The van der Waals surface area contributed by atoms with E-state index in [9.17, 15) is 39.0 Å². The van der Waals surface area contributed by atoms with E-state index in [-0.39, 0.29) is 38.8 Å². The number of hydrogen-bond donors (Lipinski definition) is 4. The molecule has 2 fully saturated rings. The fraction of sp³-hybridized carbons (Fsp3) is 0.364. The van der Waals surface area contributed by atoms with Crippen molar-refractivity contribution in [2.75, 3.05) is 32.1 Å². The van der Waals surface area contributed by atoms with Crippen LogP contribution in [0.25, 0.3) is 0 Å². The summed E-state index contributed by atoms with van der Waals surface area (Å²) in [5.74, 6) is -2.44. The molecule has 3 aromatic rings. The number of primary amides is 2. The van der Waals surface area contributed by atoms with Gasteiger partial charge in [0.1, 0.15) is 23.2 Å². The lowest BCUT2D eigenvalue weighted by atomic mass is 9.85. The Bertz CT molecular complexity index is 1930. The smallest absolute Gasteiger partial charge is 0.407 e. The topological polar surface area (TPSA) is 211 Å². The van der Waals surface area contributed by atoms with Gasteiger partial charge < -0.3 is 36.4 Å². The summed E-state index contributed by atoms with van der Waals surface area (Å²) in [6, 6.07) is 22.3. The molecule has 6 N–H and O–H groups in total. The van der Waals surface area contributed by atoms with Crippen LogP contribution in [-0.4, -0.2) is 105 Å². The van der Waals surface area contributed by atoms with Crippen molar-refractivity contribution in [3.05, 3.63) is 126 Å². The van der Waals surface area contributed by atoms with E-state index in [1.807, 2.05) is 54.6 Å². The molecule has 0 aliphatic carbocycles. The Morgan fingerprint density at radius 3 is 1.36 bits per heavy atom. The molecule has 0 spiro atoms. The lowest BCUT2D eigenvalue weighted by Crippen LogP contribution is -2.58. The molecule has 0 bridgehead atoms. The van der Waals surface area contributed by atoms with Crippen molar-refractivity contribution in [1.29, 1.82) is 0 Å². The number of rotatable bonds is 17. The molecule has 5 rings (SSSR count). The van der Waals surface area contributed by atoms with Crippen LogP contribution in [0.2, 0.25) is 0 Å². The third kappa shape index (κ3) is 8.50. The van der Waals surface area contributed by atoms with Crippen molar-refractivity contribution in [3.63, 3.8) is 0 Å². The molecule has 15 nitrogen and oxygen atoms in total. The van der Waals surface area contributed by atoms with Gasteiger partial charge >= 0.3 is 12.2 Å². The zero-order valence-electron chi connectivity index (χ0n) is 33.5. The molecule has 3 aromatic carbocycles. The molecular formula is C44H53N7O8. The van der Waals surface area contributed by atoms with Crippen molar-refractivity contribution in [2.45, 2.75) is 74.8 Å². The Balaban J connectivity index is 1.41. The van der Waals surface area contributed by atoms with Crippen LogP contribution in [0.5, 0.6) is 0 Å². The Morgan fingerprint density at radius 2 is 1.03 bits per heavy atom. The molecule has 2 aliphatic rings. The van der Waals surface area contributed by atoms with E-state index in [0.29, 0.717) is 37.1 Å². The lowest BCUT2D eigenvalue weighted by molar-refractivity contribution is -0.147. The van der Waals surface area contributed by atoms with Gasteiger partial charge in [-0.25, -0.2) is 9.59 Å². The fourth-order valence-electron chi connectivity index (χ4n) is 8.51. The highest BCUT2D eigenvalue weighted by molar-refractivity contribution is 5.96. The minimum absolute atomic E-state index is 0.0665. The Hall–Kier alpha value is -6.64. The van der Waals surface area contributed by atoms with Gasteiger partial charge in [0.15, 0.2) is 0 Å². The minimum Gasteiger partial charge on any atom is -0.465 e. The lowest BCUT2D eigenvalue weighted by Gasteiger charge is -2.39. The van der Waals surface area contributed by atoms with Crippen LogP contribution >= 0.6 is 0 Å². The third-order valence-electron chi connectivity index (χ3n) is 11.7. The van der Waals surface area contributed by atoms with Crippen LogP contribution in [0.15, 0.2) is 104 Å². The highest BCUT2D eigenvalue weighted by Gasteiger charge is 2.53. The summed E-state index contributed by atoms with van der Waals surface area (Å²) in [5.41, 5.74) is 13.0. The number of para-hydroxylation sites is 1. The standard InChI is InChI=1S/C44H53N7O8/c1-5-12-35(47(3)41(56)57)37(52)50-26-10-24-43(50,39(45)54)32-20-16-30(17-21-32)28-49(34-14-8-7-9-15-34)29-31-18-22-33(23-19-31)44(40(46)55)25-11-27-51(44)38(53)36(13-6-2)48(4)42(58)59/h5-9,14-23,35-36H,1-2,10-13,24-29H2,3-4H3,(H2,45,54)(H2,46,55)(H,56,57)(H,58,59)/t35-,36-,43-,44-/m0/s1. The van der Waals surface area contributed by atoms with Crippen LogP contribution in [0, 0.1) is 0 Å². The van der Waals surface area contributed by atoms with Crippen LogP contribution in [0.3, 0.4) is 0 Å². The van der Waals surface area contributed by atoms with E-state index in [2.05, 4.69) is 18.1 Å². The molecule has 0 unspecified atom stereocenters. The number of carboxylic acid groups (broad SMARTS) is 2. The quantitative estimate of drug-likeness (QED) is 0.140. The highest BCUT2D eigenvalue weighted by Crippen LogP contribution is 2.42. The van der Waals surface area contributed by atoms with E-state index in [0.717, 1.165) is 26.6 Å². The SMILES string of the molecule is C=CC[C@@H](C(=O)N1CCC[C@@]1(C(N)=O)c1ccc(CN(Cc2ccc([C@]3(C(N)=O)CCCN3C(=O)[C@H](CC=C)N(C)C(=O)O)cc2)c2ccccc2)cc1)N(C)C(=O)O. The first-order chi connectivity index (χ1) is 28.1. The molecule has 2 aliphatic heterocycles. The zero-order chi connectivity index (χ0) is 43.1. The number of likely N-dealkylation sites (tertiary alicyclic amines) is 2. The van der Waals surface area contributed by atoms with Gasteiger partial charge in [0.2, 0.25) is 23.6 Å². The molecule has 312 valence electrons. The first-order valence-electron chi connectivity index (χ1n) is 19.5. The first-order valence-corrected chi connectivity index (χ1v) is 19.5. The van der Waals surface area contributed by atoms with Gasteiger partial charge in [0.25, 0.3) is 0 Å². The predicted molar refractivity (Wildman–Crippen MR) is 222 cm³/mol. The molecule has 0 radical (unpaired) electrons. The second kappa shape index (κ2) is 18.3. The number of anilines is 1. The molecule has 2 heterocycles. The summed E-state index contributed by atoms with van der Waals surface area (Å²) in [6.07, 6.45) is 2.10. The Kier molecular flexibility index (Phi) is 13.5. The molecular weight excluding hydrogens is 755 g/mol.